The van der Waals surface area contributed by atoms with Crippen LogP contribution < -0.4 is 0 Å². The number of nitrogens with one attached hydrogen (secondary N) is 1. The number of benzene rings is 1. The summed E-state index contributed by atoms with van der Waals surface area (Å²) in [6.45, 7) is 3.40. The number of rotatable bonds is 2. The average Bonchev–Trinajstić information content (AvgIpc) is 2.67. The van der Waals surface area contributed by atoms with Gasteiger partial charge in [0.05, 0.1) is 0 Å². The predicted molar refractivity (Wildman–Crippen MR) is 57.8 cm³/mol. The van der Waals surface area contributed by atoms with Gasteiger partial charge in [0.15, 0.2) is 0 Å². The molecule has 0 atom stereocenters. The molecule has 2 rings (SSSR count). The molecule has 0 bridgehead atoms. The van der Waals surface area contributed by atoms with Crippen molar-refractivity contribution < 1.29 is 9.50 Å². The molecule has 15 heavy (non-hydrogen) atoms. The second kappa shape index (κ2) is 3.61. The lowest BCUT2D eigenvalue weighted by molar-refractivity contribution is 0.514. The Kier molecular flexibility index (Phi) is 2.29. The third-order valence-corrected chi connectivity index (χ3v) is 2.18. The average molecular weight is 203 g/mol. The van der Waals surface area contributed by atoms with Crippen LogP contribution in [0.2, 0.25) is 0 Å². The van der Waals surface area contributed by atoms with E-state index in [0.717, 1.165) is 0 Å². The van der Waals surface area contributed by atoms with Gasteiger partial charge in [-0.15, -0.1) is 0 Å². The van der Waals surface area contributed by atoms with Gasteiger partial charge in [-0.1, -0.05) is 18.7 Å². The zero-order valence-corrected chi connectivity index (χ0v) is 8.00. The number of halogens is 1. The van der Waals surface area contributed by atoms with Crippen LogP contribution in [0.5, 0.6) is 0 Å². The van der Waals surface area contributed by atoms with E-state index in [-0.39, 0.29) is 11.6 Å². The summed E-state index contributed by atoms with van der Waals surface area (Å²) < 4.78 is 13.4. The molecule has 0 saturated carbocycles. The van der Waals surface area contributed by atoms with Crippen molar-refractivity contribution in [1.82, 2.24) is 4.98 Å². The molecule has 1 heterocycles. The first-order valence-corrected chi connectivity index (χ1v) is 4.50. The Morgan fingerprint density at radius 1 is 1.33 bits per heavy atom. The summed E-state index contributed by atoms with van der Waals surface area (Å²) in [7, 11) is 0. The summed E-state index contributed by atoms with van der Waals surface area (Å²) in [6.07, 6.45) is 1.59. The SMILES string of the molecule is C=C(O)c1c[nH]c(-c2ccccc2F)c1. The number of aliphatic hydroxyl groups excluding tert-OH is 1. The van der Waals surface area contributed by atoms with E-state index in [1.165, 1.54) is 6.07 Å². The van der Waals surface area contributed by atoms with Gasteiger partial charge in [0.25, 0.3) is 0 Å². The molecule has 0 aliphatic carbocycles. The van der Waals surface area contributed by atoms with Gasteiger partial charge in [0.1, 0.15) is 11.6 Å². The fraction of sp³-hybridized carbons (Fsp3) is 0. The van der Waals surface area contributed by atoms with Crippen LogP contribution >= 0.6 is 0 Å². The third kappa shape index (κ3) is 1.76. The summed E-state index contributed by atoms with van der Waals surface area (Å²) >= 11 is 0. The first kappa shape index (κ1) is 9.52. The van der Waals surface area contributed by atoms with Gasteiger partial charge in [-0.2, -0.15) is 0 Å². The van der Waals surface area contributed by atoms with Crippen molar-refractivity contribution in [2.45, 2.75) is 0 Å². The Morgan fingerprint density at radius 2 is 2.07 bits per heavy atom. The largest absolute Gasteiger partial charge is 0.508 e. The van der Waals surface area contributed by atoms with E-state index in [9.17, 15) is 4.39 Å². The van der Waals surface area contributed by atoms with Crippen molar-refractivity contribution >= 4 is 5.76 Å². The molecule has 76 valence electrons. The highest BCUT2D eigenvalue weighted by molar-refractivity contribution is 5.67. The van der Waals surface area contributed by atoms with E-state index in [1.54, 1.807) is 30.5 Å². The molecule has 2 nitrogen and oxygen atoms in total. The van der Waals surface area contributed by atoms with Gasteiger partial charge >= 0.3 is 0 Å². The molecule has 0 unspecified atom stereocenters. The van der Waals surface area contributed by atoms with Crippen molar-refractivity contribution in [3.63, 3.8) is 0 Å². The third-order valence-electron chi connectivity index (χ3n) is 2.18. The van der Waals surface area contributed by atoms with E-state index in [4.69, 9.17) is 5.11 Å². The highest BCUT2D eigenvalue weighted by atomic mass is 19.1. The summed E-state index contributed by atoms with van der Waals surface area (Å²) in [4.78, 5) is 2.88. The summed E-state index contributed by atoms with van der Waals surface area (Å²) in [6, 6.07) is 8.11. The van der Waals surface area contributed by atoms with E-state index in [2.05, 4.69) is 11.6 Å². The second-order valence-corrected chi connectivity index (χ2v) is 3.23. The Hall–Kier alpha value is -2.03. The van der Waals surface area contributed by atoms with Gasteiger partial charge in [-0.05, 0) is 18.2 Å². The fourth-order valence-electron chi connectivity index (χ4n) is 1.40. The maximum Gasteiger partial charge on any atom is 0.132 e. The van der Waals surface area contributed by atoms with Crippen LogP contribution in [-0.4, -0.2) is 10.1 Å². The number of aromatic amines is 1. The molecule has 1 aromatic heterocycles. The topological polar surface area (TPSA) is 36.0 Å². The molecule has 3 heteroatoms. The lowest BCUT2D eigenvalue weighted by Crippen LogP contribution is -1.82. The molecule has 0 saturated heterocycles. The molecule has 2 N–H and O–H groups in total. The molecule has 0 radical (unpaired) electrons. The predicted octanol–water partition coefficient (Wildman–Crippen LogP) is 3.35. The van der Waals surface area contributed by atoms with Gasteiger partial charge in [0, 0.05) is 23.0 Å². The van der Waals surface area contributed by atoms with Crippen molar-refractivity contribution in [2.75, 3.05) is 0 Å². The summed E-state index contributed by atoms with van der Waals surface area (Å²) in [5.74, 6) is -0.330. The second-order valence-electron chi connectivity index (χ2n) is 3.23. The minimum Gasteiger partial charge on any atom is -0.508 e. The van der Waals surface area contributed by atoms with E-state index in [0.29, 0.717) is 16.8 Å². The summed E-state index contributed by atoms with van der Waals surface area (Å²) in [5.41, 5.74) is 1.66. The van der Waals surface area contributed by atoms with Crippen molar-refractivity contribution in [3.8, 4) is 11.3 Å². The van der Waals surface area contributed by atoms with Gasteiger partial charge < -0.3 is 10.1 Å². The Bertz CT molecular complexity index is 502. The molecule has 0 aliphatic rings. The molecular weight excluding hydrogens is 193 g/mol. The smallest absolute Gasteiger partial charge is 0.132 e. The standard InChI is InChI=1S/C12H10FNO/c1-8(15)9-6-12(14-7-9)10-4-2-3-5-11(10)13/h2-7,14-15H,1H2. The van der Waals surface area contributed by atoms with Crippen LogP contribution in [0.15, 0.2) is 43.1 Å². The van der Waals surface area contributed by atoms with E-state index < -0.39 is 0 Å². The first-order chi connectivity index (χ1) is 7.18. The van der Waals surface area contributed by atoms with Crippen LogP contribution in [0.3, 0.4) is 0 Å². The highest BCUT2D eigenvalue weighted by Gasteiger charge is 2.07. The van der Waals surface area contributed by atoms with Gasteiger partial charge in [-0.25, -0.2) is 4.39 Å². The molecule has 0 aliphatic heterocycles. The van der Waals surface area contributed by atoms with E-state index in [1.807, 2.05) is 0 Å². The zero-order chi connectivity index (χ0) is 10.8. The molecule has 0 spiro atoms. The van der Waals surface area contributed by atoms with Crippen molar-refractivity contribution in [2.24, 2.45) is 0 Å². The zero-order valence-electron chi connectivity index (χ0n) is 8.00. The van der Waals surface area contributed by atoms with Crippen molar-refractivity contribution in [1.29, 1.82) is 0 Å². The highest BCUT2D eigenvalue weighted by Crippen LogP contribution is 2.23. The number of H-pyrrole nitrogens is 1. The van der Waals surface area contributed by atoms with Crippen LogP contribution in [0.1, 0.15) is 5.56 Å². The maximum absolute atomic E-state index is 13.4. The number of hydrogen-bond acceptors (Lipinski definition) is 1. The number of aliphatic hydroxyl groups is 1. The first-order valence-electron chi connectivity index (χ1n) is 4.50. The molecular formula is C12H10FNO. The number of aromatic nitrogens is 1. The normalized spacial score (nSPS) is 10.2. The van der Waals surface area contributed by atoms with Crippen molar-refractivity contribution in [3.05, 3.63) is 54.5 Å². The van der Waals surface area contributed by atoms with Gasteiger partial charge in [0.2, 0.25) is 0 Å². The molecule has 1 aromatic carbocycles. The monoisotopic (exact) mass is 203 g/mol. The minimum absolute atomic E-state index is 0.0335. The van der Waals surface area contributed by atoms with Crippen LogP contribution in [0.25, 0.3) is 17.0 Å². The van der Waals surface area contributed by atoms with Crippen LogP contribution in [-0.2, 0) is 0 Å². The number of hydrogen-bond donors (Lipinski definition) is 2. The lowest BCUT2D eigenvalue weighted by Gasteiger charge is -1.98. The van der Waals surface area contributed by atoms with Crippen LogP contribution in [0, 0.1) is 5.82 Å². The van der Waals surface area contributed by atoms with E-state index >= 15 is 0 Å². The molecule has 0 amide bonds. The maximum atomic E-state index is 13.4. The Morgan fingerprint density at radius 3 is 2.67 bits per heavy atom. The Labute approximate surface area is 86.7 Å². The minimum atomic E-state index is -0.297. The fourth-order valence-corrected chi connectivity index (χ4v) is 1.40. The summed E-state index contributed by atoms with van der Waals surface area (Å²) in [5, 5.41) is 9.15. The Balaban J connectivity index is 2.46. The lowest BCUT2D eigenvalue weighted by atomic mass is 10.1. The molecule has 0 fully saturated rings. The van der Waals surface area contributed by atoms with Gasteiger partial charge in [-0.3, -0.25) is 0 Å². The van der Waals surface area contributed by atoms with Crippen LogP contribution in [0.4, 0.5) is 4.39 Å². The molecule has 2 aromatic rings. The quantitative estimate of drug-likeness (QED) is 0.721.